The molecule has 0 saturated heterocycles. The fourth-order valence-corrected chi connectivity index (χ4v) is 1.73. The van der Waals surface area contributed by atoms with Crippen LogP contribution in [-0.4, -0.2) is 11.2 Å². The number of hydrogen-bond donors (Lipinski definition) is 0. The molecule has 0 unspecified atom stereocenters. The summed E-state index contributed by atoms with van der Waals surface area (Å²) in [4.78, 5) is 0. The Kier molecular flexibility index (Phi) is 2.77. The Labute approximate surface area is 89.8 Å². The molecular formula is C13H15NO. The Morgan fingerprint density at radius 2 is 2.27 bits per heavy atom. The molecule has 15 heavy (non-hydrogen) atoms. The highest BCUT2D eigenvalue weighted by Crippen LogP contribution is 2.21. The number of fused-ring (bicyclic) bond motifs is 1. The van der Waals surface area contributed by atoms with E-state index in [1.807, 2.05) is 19.1 Å². The molecule has 0 aliphatic rings. The normalized spacial score (nSPS) is 10.5. The van der Waals surface area contributed by atoms with Crippen molar-refractivity contribution < 1.29 is 4.74 Å². The van der Waals surface area contributed by atoms with E-state index in [1.165, 1.54) is 10.9 Å². The van der Waals surface area contributed by atoms with Gasteiger partial charge in [0.15, 0.2) is 0 Å². The highest BCUT2D eigenvalue weighted by atomic mass is 16.5. The van der Waals surface area contributed by atoms with Gasteiger partial charge in [-0.25, -0.2) is 0 Å². The average Bonchev–Trinajstić information content (AvgIpc) is 2.62. The van der Waals surface area contributed by atoms with Crippen LogP contribution in [0.5, 0.6) is 5.75 Å². The van der Waals surface area contributed by atoms with E-state index in [9.17, 15) is 0 Å². The first-order valence-electron chi connectivity index (χ1n) is 5.17. The van der Waals surface area contributed by atoms with Crippen molar-refractivity contribution in [2.75, 3.05) is 6.61 Å². The fraction of sp³-hybridized carbons (Fsp3) is 0.231. The van der Waals surface area contributed by atoms with E-state index in [0.29, 0.717) is 6.61 Å². The van der Waals surface area contributed by atoms with Gasteiger partial charge in [0.2, 0.25) is 0 Å². The molecule has 0 radical (unpaired) electrons. The lowest BCUT2D eigenvalue weighted by molar-refractivity contribution is 0.340. The number of benzene rings is 1. The van der Waals surface area contributed by atoms with E-state index >= 15 is 0 Å². The van der Waals surface area contributed by atoms with Crippen molar-refractivity contribution in [1.29, 1.82) is 0 Å². The third kappa shape index (κ3) is 1.89. The minimum absolute atomic E-state index is 0.707. The molecule has 0 atom stereocenters. The van der Waals surface area contributed by atoms with Crippen molar-refractivity contribution in [3.05, 3.63) is 43.1 Å². The van der Waals surface area contributed by atoms with Gasteiger partial charge in [0.1, 0.15) is 5.75 Å². The molecule has 2 aromatic rings. The second kappa shape index (κ2) is 4.22. The zero-order valence-electron chi connectivity index (χ0n) is 8.94. The van der Waals surface area contributed by atoms with E-state index in [0.717, 1.165) is 12.3 Å². The summed E-state index contributed by atoms with van der Waals surface area (Å²) in [5, 5.41) is 1.21. The van der Waals surface area contributed by atoms with Gasteiger partial charge in [-0.3, -0.25) is 0 Å². The van der Waals surface area contributed by atoms with Crippen LogP contribution < -0.4 is 4.74 Å². The van der Waals surface area contributed by atoms with Crippen LogP contribution in [0.1, 0.15) is 6.92 Å². The van der Waals surface area contributed by atoms with Crippen molar-refractivity contribution >= 4 is 10.9 Å². The summed E-state index contributed by atoms with van der Waals surface area (Å²) in [6, 6.07) is 8.26. The minimum atomic E-state index is 0.707. The van der Waals surface area contributed by atoms with E-state index < -0.39 is 0 Å². The molecule has 0 saturated carbocycles. The minimum Gasteiger partial charge on any atom is -0.494 e. The number of rotatable bonds is 4. The van der Waals surface area contributed by atoms with Crippen LogP contribution in [0.15, 0.2) is 43.1 Å². The van der Waals surface area contributed by atoms with Crippen LogP contribution in [0.2, 0.25) is 0 Å². The second-order valence-corrected chi connectivity index (χ2v) is 3.41. The molecule has 0 N–H and O–H groups in total. The number of allylic oxidation sites excluding steroid dienone is 1. The molecule has 0 amide bonds. The molecule has 0 spiro atoms. The molecule has 0 aliphatic heterocycles. The van der Waals surface area contributed by atoms with E-state index in [-0.39, 0.29) is 0 Å². The lowest BCUT2D eigenvalue weighted by atomic mass is 10.2. The molecule has 1 aromatic heterocycles. The third-order valence-electron chi connectivity index (χ3n) is 2.38. The fourth-order valence-electron chi connectivity index (χ4n) is 1.73. The zero-order valence-corrected chi connectivity index (χ0v) is 8.94. The predicted molar refractivity (Wildman–Crippen MR) is 63.3 cm³/mol. The summed E-state index contributed by atoms with van der Waals surface area (Å²) in [7, 11) is 0. The average molecular weight is 201 g/mol. The monoisotopic (exact) mass is 201 g/mol. The summed E-state index contributed by atoms with van der Waals surface area (Å²) in [5.74, 6) is 0.932. The maximum atomic E-state index is 5.45. The van der Waals surface area contributed by atoms with Crippen LogP contribution >= 0.6 is 0 Å². The summed E-state index contributed by atoms with van der Waals surface area (Å²) in [5.41, 5.74) is 1.22. The van der Waals surface area contributed by atoms with Gasteiger partial charge in [0.05, 0.1) is 6.61 Å². The maximum Gasteiger partial charge on any atom is 0.120 e. The van der Waals surface area contributed by atoms with Crippen LogP contribution in [0.3, 0.4) is 0 Å². The Bertz CT molecular complexity index is 470. The first kappa shape index (κ1) is 9.84. The van der Waals surface area contributed by atoms with Crippen LogP contribution in [-0.2, 0) is 6.54 Å². The van der Waals surface area contributed by atoms with E-state index in [4.69, 9.17) is 4.74 Å². The molecule has 1 heterocycles. The number of aromatic nitrogens is 1. The molecule has 2 heteroatoms. The lowest BCUT2D eigenvalue weighted by Crippen LogP contribution is -1.93. The molecule has 78 valence electrons. The maximum absolute atomic E-state index is 5.45. The molecule has 2 rings (SSSR count). The van der Waals surface area contributed by atoms with Gasteiger partial charge < -0.3 is 9.30 Å². The summed E-state index contributed by atoms with van der Waals surface area (Å²) < 4.78 is 7.62. The number of nitrogens with zero attached hydrogens (tertiary/aromatic N) is 1. The van der Waals surface area contributed by atoms with Crippen molar-refractivity contribution in [1.82, 2.24) is 4.57 Å². The van der Waals surface area contributed by atoms with Gasteiger partial charge in [-0.15, -0.1) is 6.58 Å². The third-order valence-corrected chi connectivity index (χ3v) is 2.38. The van der Waals surface area contributed by atoms with Crippen LogP contribution in [0.25, 0.3) is 10.9 Å². The van der Waals surface area contributed by atoms with Gasteiger partial charge in [-0.1, -0.05) is 6.08 Å². The molecular weight excluding hydrogens is 186 g/mol. The highest BCUT2D eigenvalue weighted by Gasteiger charge is 2.01. The van der Waals surface area contributed by atoms with Crippen molar-refractivity contribution in [3.8, 4) is 5.75 Å². The molecule has 0 bridgehead atoms. The van der Waals surface area contributed by atoms with Gasteiger partial charge in [-0.2, -0.15) is 0 Å². The van der Waals surface area contributed by atoms with E-state index in [2.05, 4.69) is 35.5 Å². The first-order chi connectivity index (χ1) is 7.35. The topological polar surface area (TPSA) is 14.2 Å². The summed E-state index contributed by atoms with van der Waals surface area (Å²) >= 11 is 0. The van der Waals surface area contributed by atoms with Gasteiger partial charge in [-0.05, 0) is 31.2 Å². The lowest BCUT2D eigenvalue weighted by Gasteiger charge is -2.04. The van der Waals surface area contributed by atoms with Gasteiger partial charge >= 0.3 is 0 Å². The quantitative estimate of drug-likeness (QED) is 0.693. The Balaban J connectivity index is 2.42. The van der Waals surface area contributed by atoms with Crippen molar-refractivity contribution in [2.24, 2.45) is 0 Å². The van der Waals surface area contributed by atoms with Crippen LogP contribution in [0, 0.1) is 0 Å². The Hall–Kier alpha value is -1.70. The highest BCUT2D eigenvalue weighted by molar-refractivity contribution is 5.81. The number of ether oxygens (including phenoxy) is 1. The van der Waals surface area contributed by atoms with Gasteiger partial charge in [0, 0.05) is 23.6 Å². The zero-order chi connectivity index (χ0) is 10.7. The Morgan fingerprint density at radius 3 is 3.00 bits per heavy atom. The second-order valence-electron chi connectivity index (χ2n) is 3.41. The smallest absolute Gasteiger partial charge is 0.120 e. The largest absolute Gasteiger partial charge is 0.494 e. The predicted octanol–water partition coefficient (Wildman–Crippen LogP) is 3.23. The molecule has 2 nitrogen and oxygen atoms in total. The molecule has 0 fully saturated rings. The first-order valence-corrected chi connectivity index (χ1v) is 5.17. The van der Waals surface area contributed by atoms with Gasteiger partial charge in [0.25, 0.3) is 0 Å². The van der Waals surface area contributed by atoms with Crippen molar-refractivity contribution in [2.45, 2.75) is 13.5 Å². The standard InChI is InChI=1S/C13H15NO/c1-3-8-14-9-7-11-10-12(15-4-2)5-6-13(11)14/h3,5-7,9-10H,1,4,8H2,2H3. The van der Waals surface area contributed by atoms with Crippen molar-refractivity contribution in [3.63, 3.8) is 0 Å². The summed E-state index contributed by atoms with van der Waals surface area (Å²) in [6.45, 7) is 7.29. The number of hydrogen-bond acceptors (Lipinski definition) is 1. The van der Waals surface area contributed by atoms with Crippen LogP contribution in [0.4, 0.5) is 0 Å². The summed E-state index contributed by atoms with van der Waals surface area (Å²) in [6.07, 6.45) is 3.97. The van der Waals surface area contributed by atoms with E-state index in [1.54, 1.807) is 0 Å². The molecule has 1 aromatic carbocycles. The molecule has 0 aliphatic carbocycles. The Morgan fingerprint density at radius 1 is 1.40 bits per heavy atom. The SMILES string of the molecule is C=CCn1ccc2cc(OCC)ccc21.